The minimum Gasteiger partial charge on any atom is -0.442 e. The van der Waals surface area contributed by atoms with Gasteiger partial charge in [0.2, 0.25) is 0 Å². The summed E-state index contributed by atoms with van der Waals surface area (Å²) in [5.74, 6) is 1.62. The molecule has 3 heterocycles. The van der Waals surface area contributed by atoms with Crippen LogP contribution in [0.25, 0.3) is 17.1 Å². The maximum Gasteiger partial charge on any atom is 0.181 e. The first-order valence-electron chi connectivity index (χ1n) is 11.0. The number of fused-ring (bicyclic) bond motifs is 3. The van der Waals surface area contributed by atoms with Gasteiger partial charge in [-0.25, -0.2) is 9.97 Å². The van der Waals surface area contributed by atoms with E-state index < -0.39 is 0 Å². The van der Waals surface area contributed by atoms with Crippen molar-refractivity contribution in [1.29, 1.82) is 0 Å². The molecule has 0 amide bonds. The highest BCUT2D eigenvalue weighted by Crippen LogP contribution is 2.65. The number of rotatable bonds is 3. The van der Waals surface area contributed by atoms with E-state index in [1.54, 1.807) is 6.20 Å². The van der Waals surface area contributed by atoms with Gasteiger partial charge in [-0.3, -0.25) is 9.56 Å². The molecule has 152 valence electrons. The van der Waals surface area contributed by atoms with Crippen LogP contribution < -0.4 is 0 Å². The van der Waals surface area contributed by atoms with E-state index in [-0.39, 0.29) is 6.04 Å². The zero-order chi connectivity index (χ0) is 20.6. The van der Waals surface area contributed by atoms with E-state index in [0.717, 1.165) is 34.3 Å². The Kier molecular flexibility index (Phi) is 3.36. The molecule has 2 aromatic carbocycles. The maximum atomic E-state index is 5.59. The number of aliphatic imine (C=N–C) groups is 1. The highest BCUT2D eigenvalue weighted by atomic mass is 16.3. The molecular weight excluding hydrogens is 384 g/mol. The van der Waals surface area contributed by atoms with Crippen molar-refractivity contribution in [1.82, 2.24) is 14.5 Å². The fourth-order valence-electron chi connectivity index (χ4n) is 5.72. The highest BCUT2D eigenvalue weighted by molar-refractivity contribution is 6.15. The first-order valence-corrected chi connectivity index (χ1v) is 11.0. The lowest BCUT2D eigenvalue weighted by molar-refractivity contribution is -0.0274. The Labute approximate surface area is 180 Å². The molecule has 4 aromatic rings. The van der Waals surface area contributed by atoms with Gasteiger partial charge >= 0.3 is 0 Å². The summed E-state index contributed by atoms with van der Waals surface area (Å²) >= 11 is 0. The second kappa shape index (κ2) is 6.03. The van der Waals surface area contributed by atoms with Gasteiger partial charge in [0.1, 0.15) is 12.0 Å². The van der Waals surface area contributed by atoms with Gasteiger partial charge in [-0.05, 0) is 55.2 Å². The molecule has 4 aliphatic rings. The normalized spacial score (nSPS) is 25.5. The largest absolute Gasteiger partial charge is 0.442 e. The molecule has 0 N–H and O–H groups in total. The van der Waals surface area contributed by atoms with Gasteiger partial charge in [0, 0.05) is 11.1 Å². The van der Waals surface area contributed by atoms with Crippen LogP contribution in [0.1, 0.15) is 54.6 Å². The van der Waals surface area contributed by atoms with Crippen LogP contribution in [0.4, 0.5) is 0 Å². The third kappa shape index (κ3) is 2.34. The van der Waals surface area contributed by atoms with Crippen LogP contribution in [0.15, 0.2) is 76.9 Å². The van der Waals surface area contributed by atoms with Gasteiger partial charge in [0.25, 0.3) is 0 Å². The molecule has 3 fully saturated rings. The highest BCUT2D eigenvalue weighted by Gasteiger charge is 2.57. The summed E-state index contributed by atoms with van der Waals surface area (Å²) in [6, 6.07) is 17.4. The molecule has 2 bridgehead atoms. The lowest BCUT2D eigenvalue weighted by atomic mass is 9.42. The van der Waals surface area contributed by atoms with Gasteiger partial charge in [-0.2, -0.15) is 0 Å². The van der Waals surface area contributed by atoms with Gasteiger partial charge in [0.15, 0.2) is 12.2 Å². The van der Waals surface area contributed by atoms with E-state index >= 15 is 0 Å². The Bertz CT molecular complexity index is 1320. The molecule has 5 nitrogen and oxygen atoms in total. The maximum absolute atomic E-state index is 5.59. The molecule has 0 radical (unpaired) electrons. The standard InChI is InChI=1S/C26H22N4O/c1-16-25-24(22-13-27-15-31-22)28-14-30(25)21-8-7-19(26-10-17(11-26)12-26)9-20(21)23(29-16)18-5-3-2-4-6-18/h2-9,13-17H,10-12H2,1H3/t16-,17?,26?/m0/s1. The Hall–Kier alpha value is -3.47. The van der Waals surface area contributed by atoms with Gasteiger partial charge in [0.05, 0.1) is 29.3 Å². The van der Waals surface area contributed by atoms with Crippen LogP contribution >= 0.6 is 0 Å². The molecule has 0 spiro atoms. The number of aromatic nitrogens is 3. The molecule has 0 unspecified atom stereocenters. The summed E-state index contributed by atoms with van der Waals surface area (Å²) in [4.78, 5) is 14.0. The molecule has 3 aliphatic carbocycles. The molecule has 8 rings (SSSR count). The van der Waals surface area contributed by atoms with E-state index in [9.17, 15) is 0 Å². The predicted molar refractivity (Wildman–Crippen MR) is 119 cm³/mol. The second-order valence-corrected chi connectivity index (χ2v) is 9.22. The van der Waals surface area contributed by atoms with E-state index in [1.165, 1.54) is 36.8 Å². The predicted octanol–water partition coefficient (Wildman–Crippen LogP) is 5.49. The molecule has 31 heavy (non-hydrogen) atoms. The van der Waals surface area contributed by atoms with Crippen molar-refractivity contribution in [2.45, 2.75) is 37.6 Å². The van der Waals surface area contributed by atoms with Crippen LogP contribution in [-0.4, -0.2) is 20.2 Å². The van der Waals surface area contributed by atoms with E-state index in [1.807, 2.05) is 6.33 Å². The smallest absolute Gasteiger partial charge is 0.181 e. The third-order valence-electron chi connectivity index (χ3n) is 7.40. The minimum atomic E-state index is -0.0800. The molecular formula is C26H22N4O. The number of nitrogens with zero attached hydrogens (tertiary/aromatic N) is 4. The van der Waals surface area contributed by atoms with Crippen LogP contribution in [0.3, 0.4) is 0 Å². The fraction of sp³-hybridized carbons (Fsp3) is 0.269. The van der Waals surface area contributed by atoms with Crippen molar-refractivity contribution in [2.75, 3.05) is 0 Å². The zero-order valence-corrected chi connectivity index (χ0v) is 17.3. The Morgan fingerprint density at radius 2 is 1.90 bits per heavy atom. The lowest BCUT2D eigenvalue weighted by Crippen LogP contribution is -2.55. The van der Waals surface area contributed by atoms with Crippen molar-refractivity contribution < 1.29 is 4.42 Å². The third-order valence-corrected chi connectivity index (χ3v) is 7.40. The molecule has 2 aromatic heterocycles. The number of imidazole rings is 1. The molecule has 1 aliphatic heterocycles. The summed E-state index contributed by atoms with van der Waals surface area (Å²) in [6.45, 7) is 2.13. The lowest BCUT2D eigenvalue weighted by Gasteiger charge is -2.62. The molecule has 0 saturated heterocycles. The SMILES string of the molecule is C[C@@H]1N=C(c2ccccc2)c2cc(C34CC(C3)C4)ccc2-n2cnc(-c3cnco3)c21. The summed E-state index contributed by atoms with van der Waals surface area (Å²) in [6.07, 6.45) is 9.08. The van der Waals surface area contributed by atoms with Crippen molar-refractivity contribution in [3.63, 3.8) is 0 Å². The Morgan fingerprint density at radius 1 is 1.06 bits per heavy atom. The average molecular weight is 406 g/mol. The average Bonchev–Trinajstić information content (AvgIpc) is 3.38. The monoisotopic (exact) mass is 406 g/mol. The van der Waals surface area contributed by atoms with Crippen molar-refractivity contribution >= 4 is 5.71 Å². The number of hydrogen-bond donors (Lipinski definition) is 0. The Balaban J connectivity index is 1.48. The van der Waals surface area contributed by atoms with Gasteiger partial charge in [-0.15, -0.1) is 0 Å². The molecule has 1 atom stereocenters. The van der Waals surface area contributed by atoms with Crippen molar-refractivity contribution in [3.8, 4) is 17.1 Å². The van der Waals surface area contributed by atoms with Crippen LogP contribution in [0.5, 0.6) is 0 Å². The number of hydrogen-bond acceptors (Lipinski definition) is 4. The van der Waals surface area contributed by atoms with Crippen LogP contribution in [-0.2, 0) is 5.41 Å². The topological polar surface area (TPSA) is 56.2 Å². The number of oxazole rings is 1. The van der Waals surface area contributed by atoms with E-state index in [4.69, 9.17) is 14.4 Å². The van der Waals surface area contributed by atoms with Gasteiger partial charge in [-0.1, -0.05) is 36.4 Å². The van der Waals surface area contributed by atoms with E-state index in [0.29, 0.717) is 11.2 Å². The van der Waals surface area contributed by atoms with Crippen molar-refractivity contribution in [2.24, 2.45) is 10.9 Å². The van der Waals surface area contributed by atoms with E-state index in [2.05, 4.69) is 65.0 Å². The number of benzene rings is 2. The summed E-state index contributed by atoms with van der Waals surface area (Å²) in [5.41, 5.74) is 8.19. The zero-order valence-electron chi connectivity index (χ0n) is 17.3. The first-order chi connectivity index (χ1) is 15.2. The Morgan fingerprint density at radius 3 is 2.61 bits per heavy atom. The summed E-state index contributed by atoms with van der Waals surface area (Å²) < 4.78 is 7.77. The van der Waals surface area contributed by atoms with Gasteiger partial charge < -0.3 is 4.42 Å². The molecule has 5 heteroatoms. The summed E-state index contributed by atoms with van der Waals surface area (Å²) in [7, 11) is 0. The molecule has 3 saturated carbocycles. The second-order valence-electron chi connectivity index (χ2n) is 9.22. The fourth-order valence-corrected chi connectivity index (χ4v) is 5.72. The van der Waals surface area contributed by atoms with Crippen molar-refractivity contribution in [3.05, 3.63) is 89.8 Å². The first kappa shape index (κ1) is 17.2. The summed E-state index contributed by atoms with van der Waals surface area (Å²) in [5, 5.41) is 0. The van der Waals surface area contributed by atoms with Crippen LogP contribution in [0.2, 0.25) is 0 Å². The van der Waals surface area contributed by atoms with Crippen LogP contribution in [0, 0.1) is 5.92 Å². The minimum absolute atomic E-state index is 0.0800. The quantitative estimate of drug-likeness (QED) is 0.452.